The average Bonchev–Trinajstić information content (AvgIpc) is 2.29. The van der Waals surface area contributed by atoms with Crippen LogP contribution < -0.4 is 4.74 Å². The van der Waals surface area contributed by atoms with Gasteiger partial charge in [-0.25, -0.2) is 0 Å². The van der Waals surface area contributed by atoms with E-state index in [4.69, 9.17) is 9.84 Å². The first-order chi connectivity index (χ1) is 8.10. The van der Waals surface area contributed by atoms with E-state index in [-0.39, 0.29) is 6.61 Å². The van der Waals surface area contributed by atoms with Crippen molar-refractivity contribution >= 4 is 11.8 Å². The Kier molecular flexibility index (Phi) is 5.78. The number of methoxy groups -OCH3 is 1. The minimum atomic E-state index is 0.248. The molecule has 1 aromatic rings. The van der Waals surface area contributed by atoms with Crippen LogP contribution in [0.4, 0.5) is 0 Å². The Bertz CT molecular complexity index is 369. The first-order valence-electron chi connectivity index (χ1n) is 5.81. The van der Waals surface area contributed by atoms with Crippen molar-refractivity contribution in [2.24, 2.45) is 0 Å². The van der Waals surface area contributed by atoms with E-state index in [9.17, 15) is 0 Å². The zero-order chi connectivity index (χ0) is 12.8. The van der Waals surface area contributed by atoms with E-state index in [1.165, 1.54) is 0 Å². The molecule has 17 heavy (non-hydrogen) atoms. The van der Waals surface area contributed by atoms with Gasteiger partial charge in [0.15, 0.2) is 0 Å². The molecule has 0 aliphatic rings. The SMILES string of the molecule is COc1c(C)cnc(CSC(C)CCO)c1C. The van der Waals surface area contributed by atoms with Crippen LogP contribution in [0.1, 0.15) is 30.2 Å². The second-order valence-corrected chi connectivity index (χ2v) is 5.61. The van der Waals surface area contributed by atoms with Crippen LogP contribution >= 0.6 is 11.8 Å². The van der Waals surface area contributed by atoms with Crippen molar-refractivity contribution in [1.29, 1.82) is 0 Å². The molecule has 0 amide bonds. The minimum Gasteiger partial charge on any atom is -0.496 e. The van der Waals surface area contributed by atoms with Gasteiger partial charge < -0.3 is 9.84 Å². The molecule has 1 unspecified atom stereocenters. The van der Waals surface area contributed by atoms with E-state index in [0.29, 0.717) is 5.25 Å². The maximum atomic E-state index is 8.86. The van der Waals surface area contributed by atoms with E-state index < -0.39 is 0 Å². The van der Waals surface area contributed by atoms with Crippen LogP contribution in [-0.2, 0) is 5.75 Å². The van der Waals surface area contributed by atoms with Gasteiger partial charge >= 0.3 is 0 Å². The molecule has 0 saturated carbocycles. The summed E-state index contributed by atoms with van der Waals surface area (Å²) in [4.78, 5) is 4.46. The Balaban J connectivity index is 2.72. The van der Waals surface area contributed by atoms with Gasteiger partial charge in [-0.2, -0.15) is 11.8 Å². The fourth-order valence-corrected chi connectivity index (χ4v) is 2.71. The molecule has 96 valence electrons. The zero-order valence-corrected chi connectivity index (χ0v) is 11.8. The number of ether oxygens (including phenoxy) is 1. The largest absolute Gasteiger partial charge is 0.496 e. The van der Waals surface area contributed by atoms with Gasteiger partial charge in [0.1, 0.15) is 5.75 Å². The number of hydrogen-bond acceptors (Lipinski definition) is 4. The van der Waals surface area contributed by atoms with E-state index in [1.54, 1.807) is 7.11 Å². The fraction of sp³-hybridized carbons (Fsp3) is 0.615. The monoisotopic (exact) mass is 255 g/mol. The van der Waals surface area contributed by atoms with Crippen LogP contribution in [0.5, 0.6) is 5.75 Å². The lowest BCUT2D eigenvalue weighted by Gasteiger charge is -2.14. The maximum absolute atomic E-state index is 8.86. The van der Waals surface area contributed by atoms with Gasteiger partial charge in [-0.3, -0.25) is 4.98 Å². The number of aliphatic hydroxyl groups excluding tert-OH is 1. The molecule has 0 radical (unpaired) electrons. The van der Waals surface area contributed by atoms with Crippen LogP contribution in [0.25, 0.3) is 0 Å². The number of aliphatic hydroxyl groups is 1. The third kappa shape index (κ3) is 3.89. The standard InChI is InChI=1S/C13H21NO2S/c1-9-7-14-12(11(3)13(9)16-4)8-17-10(2)5-6-15/h7,10,15H,5-6,8H2,1-4H3. The Morgan fingerprint density at radius 2 is 2.18 bits per heavy atom. The van der Waals surface area contributed by atoms with Crippen LogP contribution in [0, 0.1) is 13.8 Å². The summed E-state index contributed by atoms with van der Waals surface area (Å²) in [5.74, 6) is 1.80. The Labute approximate surface area is 108 Å². The van der Waals surface area contributed by atoms with Crippen molar-refractivity contribution < 1.29 is 9.84 Å². The molecule has 1 rings (SSSR count). The number of pyridine rings is 1. The molecular weight excluding hydrogens is 234 g/mol. The molecule has 0 fully saturated rings. The fourth-order valence-electron chi connectivity index (χ4n) is 1.70. The predicted octanol–water partition coefficient (Wildman–Crippen LogP) is 2.71. The average molecular weight is 255 g/mol. The van der Waals surface area contributed by atoms with Crippen LogP contribution in [0.15, 0.2) is 6.20 Å². The van der Waals surface area contributed by atoms with Gasteiger partial charge in [0, 0.05) is 34.9 Å². The van der Waals surface area contributed by atoms with E-state index in [1.807, 2.05) is 31.8 Å². The summed E-state index contributed by atoms with van der Waals surface area (Å²) in [6.07, 6.45) is 2.69. The summed E-state index contributed by atoms with van der Waals surface area (Å²) in [5.41, 5.74) is 3.26. The van der Waals surface area contributed by atoms with E-state index >= 15 is 0 Å². The Hall–Kier alpha value is -0.740. The van der Waals surface area contributed by atoms with E-state index in [2.05, 4.69) is 11.9 Å². The smallest absolute Gasteiger partial charge is 0.128 e. The second kappa shape index (κ2) is 6.87. The number of hydrogen-bond donors (Lipinski definition) is 1. The summed E-state index contributed by atoms with van der Waals surface area (Å²) < 4.78 is 5.38. The number of aryl methyl sites for hydroxylation is 1. The van der Waals surface area contributed by atoms with E-state index in [0.717, 1.165) is 34.7 Å². The highest BCUT2D eigenvalue weighted by molar-refractivity contribution is 7.99. The number of nitrogens with zero attached hydrogens (tertiary/aromatic N) is 1. The maximum Gasteiger partial charge on any atom is 0.128 e. The highest BCUT2D eigenvalue weighted by Crippen LogP contribution is 2.27. The van der Waals surface area contributed by atoms with Crippen molar-refractivity contribution in [2.75, 3.05) is 13.7 Å². The summed E-state index contributed by atoms with van der Waals surface area (Å²) in [6.45, 7) is 6.43. The van der Waals surface area contributed by atoms with Crippen molar-refractivity contribution in [3.63, 3.8) is 0 Å². The molecule has 0 saturated heterocycles. The summed E-state index contributed by atoms with van der Waals surface area (Å²) >= 11 is 1.82. The number of aromatic nitrogens is 1. The molecule has 1 aromatic heterocycles. The first-order valence-corrected chi connectivity index (χ1v) is 6.86. The number of thioether (sulfide) groups is 1. The van der Waals surface area contributed by atoms with Crippen LogP contribution in [0.2, 0.25) is 0 Å². The van der Waals surface area contributed by atoms with Crippen molar-refractivity contribution in [3.8, 4) is 5.75 Å². The lowest BCUT2D eigenvalue weighted by Crippen LogP contribution is -2.03. The zero-order valence-electron chi connectivity index (χ0n) is 11.0. The molecular formula is C13H21NO2S. The van der Waals surface area contributed by atoms with Crippen molar-refractivity contribution in [1.82, 2.24) is 4.98 Å². The molecule has 4 heteroatoms. The Morgan fingerprint density at radius 1 is 1.47 bits per heavy atom. The number of rotatable bonds is 6. The predicted molar refractivity (Wildman–Crippen MR) is 72.7 cm³/mol. The van der Waals surface area contributed by atoms with Gasteiger partial charge in [-0.1, -0.05) is 6.92 Å². The molecule has 1 atom stereocenters. The molecule has 0 spiro atoms. The summed E-state index contributed by atoms with van der Waals surface area (Å²) in [7, 11) is 1.70. The third-order valence-electron chi connectivity index (χ3n) is 2.79. The van der Waals surface area contributed by atoms with Crippen LogP contribution in [0.3, 0.4) is 0 Å². The molecule has 1 N–H and O–H groups in total. The normalized spacial score (nSPS) is 12.5. The van der Waals surface area contributed by atoms with Gasteiger partial charge in [0.05, 0.1) is 12.8 Å². The lowest BCUT2D eigenvalue weighted by atomic mass is 10.1. The molecule has 0 aliphatic carbocycles. The highest BCUT2D eigenvalue weighted by atomic mass is 32.2. The van der Waals surface area contributed by atoms with Gasteiger partial charge in [-0.05, 0) is 20.3 Å². The topological polar surface area (TPSA) is 42.4 Å². The highest BCUT2D eigenvalue weighted by Gasteiger charge is 2.10. The first kappa shape index (κ1) is 14.3. The summed E-state index contributed by atoms with van der Waals surface area (Å²) in [5, 5.41) is 9.31. The molecule has 0 bridgehead atoms. The molecule has 3 nitrogen and oxygen atoms in total. The van der Waals surface area contributed by atoms with Crippen molar-refractivity contribution in [2.45, 2.75) is 38.2 Å². The second-order valence-electron chi connectivity index (χ2n) is 4.18. The van der Waals surface area contributed by atoms with Gasteiger partial charge in [0.25, 0.3) is 0 Å². The third-order valence-corrected chi connectivity index (χ3v) is 4.03. The quantitative estimate of drug-likeness (QED) is 0.848. The Morgan fingerprint density at radius 3 is 2.76 bits per heavy atom. The molecule has 0 aromatic carbocycles. The van der Waals surface area contributed by atoms with Crippen molar-refractivity contribution in [3.05, 3.63) is 23.0 Å². The summed E-state index contributed by atoms with van der Waals surface area (Å²) in [6, 6.07) is 0. The van der Waals surface area contributed by atoms with Gasteiger partial charge in [-0.15, -0.1) is 0 Å². The van der Waals surface area contributed by atoms with Crippen LogP contribution in [-0.4, -0.2) is 29.1 Å². The van der Waals surface area contributed by atoms with Gasteiger partial charge in [0.2, 0.25) is 0 Å². The molecule has 0 aliphatic heterocycles. The molecule has 1 heterocycles. The minimum absolute atomic E-state index is 0.248. The lowest BCUT2D eigenvalue weighted by molar-refractivity contribution is 0.289.